The number of hydrogen-bond donors (Lipinski definition) is 3. The molecule has 0 spiro atoms. The summed E-state index contributed by atoms with van der Waals surface area (Å²) in [6, 6.07) is 6.24. The molecule has 1 aliphatic rings. The summed E-state index contributed by atoms with van der Waals surface area (Å²) in [6.45, 7) is 3.85. The molecule has 1 atom stereocenters. The first-order valence-corrected chi connectivity index (χ1v) is 6.68. The zero-order valence-corrected chi connectivity index (χ0v) is 12.1. The largest absolute Gasteiger partial charge is 0.508 e. The molecule has 106 valence electrons. The first-order chi connectivity index (χ1) is 9.52. The maximum Gasteiger partial charge on any atom is 0.338 e. The first-order valence-electron chi connectivity index (χ1n) is 6.27. The van der Waals surface area contributed by atoms with E-state index in [9.17, 15) is 9.90 Å². The highest BCUT2D eigenvalue weighted by molar-refractivity contribution is 7.80. The van der Waals surface area contributed by atoms with Crippen LogP contribution in [-0.4, -0.2) is 22.8 Å². The van der Waals surface area contributed by atoms with Crippen molar-refractivity contribution in [3.8, 4) is 5.75 Å². The van der Waals surface area contributed by atoms with E-state index >= 15 is 0 Å². The Bertz CT molecular complexity index is 566. The molecule has 1 heterocycles. The number of aromatic hydroxyl groups is 1. The first kappa shape index (κ1) is 14.3. The summed E-state index contributed by atoms with van der Waals surface area (Å²) >= 11 is 5.13. The molecule has 1 aliphatic heterocycles. The zero-order valence-electron chi connectivity index (χ0n) is 11.3. The Hall–Kier alpha value is -2.08. The van der Waals surface area contributed by atoms with Crippen molar-refractivity contribution >= 4 is 23.3 Å². The molecule has 0 aliphatic carbocycles. The van der Waals surface area contributed by atoms with Crippen molar-refractivity contribution in [3.05, 3.63) is 41.1 Å². The lowest BCUT2D eigenvalue weighted by Crippen LogP contribution is -2.45. The average molecular weight is 292 g/mol. The number of rotatable bonds is 3. The van der Waals surface area contributed by atoms with E-state index in [2.05, 4.69) is 10.6 Å². The number of esters is 1. The molecule has 0 bridgehead atoms. The lowest BCUT2D eigenvalue weighted by atomic mass is 9.95. The van der Waals surface area contributed by atoms with Crippen LogP contribution < -0.4 is 10.6 Å². The maximum atomic E-state index is 12.1. The standard InChI is InChI=1S/C14H16N2O3S/c1-3-19-13(18)11-8(2)15-14(20)16-12(11)9-4-6-10(17)7-5-9/h4-7,12,17H,3H2,1-2H3,(H2,15,16,20). The van der Waals surface area contributed by atoms with Crippen LogP contribution in [0.15, 0.2) is 35.5 Å². The van der Waals surface area contributed by atoms with Crippen LogP contribution in [0.3, 0.4) is 0 Å². The second-order valence-electron chi connectivity index (χ2n) is 4.38. The summed E-state index contributed by atoms with van der Waals surface area (Å²) in [5, 5.41) is 15.8. The van der Waals surface area contributed by atoms with Gasteiger partial charge < -0.3 is 20.5 Å². The van der Waals surface area contributed by atoms with Gasteiger partial charge in [0.25, 0.3) is 0 Å². The van der Waals surface area contributed by atoms with E-state index in [1.165, 1.54) is 0 Å². The van der Waals surface area contributed by atoms with Crippen LogP contribution in [0.2, 0.25) is 0 Å². The molecule has 1 aromatic carbocycles. The molecule has 0 saturated heterocycles. The van der Waals surface area contributed by atoms with E-state index in [4.69, 9.17) is 17.0 Å². The minimum atomic E-state index is -0.386. The minimum Gasteiger partial charge on any atom is -0.508 e. The van der Waals surface area contributed by atoms with Crippen LogP contribution in [0, 0.1) is 0 Å². The molecular formula is C14H16N2O3S. The number of carbonyl (C=O) groups excluding carboxylic acids is 1. The molecule has 0 aromatic heterocycles. The molecule has 1 unspecified atom stereocenters. The number of phenols is 1. The smallest absolute Gasteiger partial charge is 0.338 e. The summed E-state index contributed by atoms with van der Waals surface area (Å²) in [5.74, 6) is -0.214. The lowest BCUT2D eigenvalue weighted by molar-refractivity contribution is -0.139. The van der Waals surface area contributed by atoms with Gasteiger partial charge in [-0.05, 0) is 43.8 Å². The van der Waals surface area contributed by atoms with Gasteiger partial charge in [-0.15, -0.1) is 0 Å². The topological polar surface area (TPSA) is 70.6 Å². The van der Waals surface area contributed by atoms with Crippen molar-refractivity contribution < 1.29 is 14.6 Å². The highest BCUT2D eigenvalue weighted by atomic mass is 32.1. The van der Waals surface area contributed by atoms with Crippen LogP contribution >= 0.6 is 12.2 Å². The molecule has 0 saturated carbocycles. The van der Waals surface area contributed by atoms with E-state index in [0.29, 0.717) is 23.0 Å². The Balaban J connectivity index is 2.41. The van der Waals surface area contributed by atoms with Gasteiger partial charge in [-0.25, -0.2) is 4.79 Å². The van der Waals surface area contributed by atoms with Crippen LogP contribution in [-0.2, 0) is 9.53 Å². The highest BCUT2D eigenvalue weighted by Crippen LogP contribution is 2.28. The molecule has 20 heavy (non-hydrogen) atoms. The second-order valence-corrected chi connectivity index (χ2v) is 4.79. The normalized spacial score (nSPS) is 18.3. The third-order valence-corrected chi connectivity index (χ3v) is 3.21. The van der Waals surface area contributed by atoms with Gasteiger partial charge in [-0.2, -0.15) is 0 Å². The fourth-order valence-corrected chi connectivity index (χ4v) is 2.36. The third kappa shape index (κ3) is 2.91. The highest BCUT2D eigenvalue weighted by Gasteiger charge is 2.30. The number of hydrogen-bond acceptors (Lipinski definition) is 4. The van der Waals surface area contributed by atoms with E-state index in [1.807, 2.05) is 0 Å². The quantitative estimate of drug-likeness (QED) is 0.582. The van der Waals surface area contributed by atoms with Gasteiger partial charge in [-0.3, -0.25) is 0 Å². The molecule has 1 aromatic rings. The average Bonchev–Trinajstić information content (AvgIpc) is 2.38. The van der Waals surface area contributed by atoms with Crippen LogP contribution in [0.5, 0.6) is 5.75 Å². The molecule has 0 radical (unpaired) electrons. The summed E-state index contributed by atoms with van der Waals surface area (Å²) in [7, 11) is 0. The summed E-state index contributed by atoms with van der Waals surface area (Å²) in [4.78, 5) is 12.1. The Labute approximate surface area is 122 Å². The number of allylic oxidation sites excluding steroid dienone is 1. The van der Waals surface area contributed by atoms with Crippen LogP contribution in [0.1, 0.15) is 25.5 Å². The molecule has 5 nitrogen and oxygen atoms in total. The van der Waals surface area contributed by atoms with Crippen molar-refractivity contribution in [2.45, 2.75) is 19.9 Å². The molecule has 2 rings (SSSR count). The molecule has 6 heteroatoms. The van der Waals surface area contributed by atoms with Crippen molar-refractivity contribution in [2.24, 2.45) is 0 Å². The Morgan fingerprint density at radius 3 is 2.65 bits per heavy atom. The third-order valence-electron chi connectivity index (χ3n) is 2.99. The van der Waals surface area contributed by atoms with Crippen molar-refractivity contribution in [1.29, 1.82) is 0 Å². The lowest BCUT2D eigenvalue weighted by Gasteiger charge is -2.29. The zero-order chi connectivity index (χ0) is 14.7. The number of phenolic OH excluding ortho intramolecular Hbond substituents is 1. The van der Waals surface area contributed by atoms with Gasteiger partial charge in [0.2, 0.25) is 0 Å². The maximum absolute atomic E-state index is 12.1. The van der Waals surface area contributed by atoms with Crippen molar-refractivity contribution in [2.75, 3.05) is 6.61 Å². The predicted molar refractivity (Wildman–Crippen MR) is 79.1 cm³/mol. The van der Waals surface area contributed by atoms with Crippen molar-refractivity contribution in [1.82, 2.24) is 10.6 Å². The van der Waals surface area contributed by atoms with Crippen LogP contribution in [0.4, 0.5) is 0 Å². The fourth-order valence-electron chi connectivity index (χ4n) is 2.09. The molecule has 0 fully saturated rings. The van der Waals surface area contributed by atoms with Gasteiger partial charge in [0.1, 0.15) is 5.75 Å². The Morgan fingerprint density at radius 2 is 2.05 bits per heavy atom. The van der Waals surface area contributed by atoms with Gasteiger partial charge in [0.05, 0.1) is 18.2 Å². The molecular weight excluding hydrogens is 276 g/mol. The van der Waals surface area contributed by atoms with E-state index in [0.717, 1.165) is 5.56 Å². The minimum absolute atomic E-state index is 0.170. The summed E-state index contributed by atoms with van der Waals surface area (Å²) in [5.41, 5.74) is 1.99. The van der Waals surface area contributed by atoms with Crippen LogP contribution in [0.25, 0.3) is 0 Å². The fraction of sp³-hybridized carbons (Fsp3) is 0.286. The van der Waals surface area contributed by atoms with E-state index in [1.54, 1.807) is 38.1 Å². The number of thiocarbonyl (C=S) groups is 1. The van der Waals surface area contributed by atoms with Crippen molar-refractivity contribution in [3.63, 3.8) is 0 Å². The predicted octanol–water partition coefficient (Wildman–Crippen LogP) is 1.75. The number of benzene rings is 1. The Morgan fingerprint density at radius 1 is 1.40 bits per heavy atom. The SMILES string of the molecule is CCOC(=O)C1=C(C)NC(=S)NC1c1ccc(O)cc1. The van der Waals surface area contributed by atoms with E-state index in [-0.39, 0.29) is 17.8 Å². The second kappa shape index (κ2) is 5.92. The number of carbonyl (C=O) groups is 1. The van der Waals surface area contributed by atoms with Gasteiger partial charge in [0, 0.05) is 5.70 Å². The molecule has 0 amide bonds. The molecule has 3 N–H and O–H groups in total. The van der Waals surface area contributed by atoms with Gasteiger partial charge >= 0.3 is 5.97 Å². The Kier molecular flexibility index (Phi) is 4.24. The van der Waals surface area contributed by atoms with Gasteiger partial charge in [0.15, 0.2) is 5.11 Å². The summed E-state index contributed by atoms with van der Waals surface area (Å²) in [6.07, 6.45) is 0. The van der Waals surface area contributed by atoms with Gasteiger partial charge in [-0.1, -0.05) is 12.1 Å². The van der Waals surface area contributed by atoms with E-state index < -0.39 is 0 Å². The monoisotopic (exact) mass is 292 g/mol. The summed E-state index contributed by atoms with van der Waals surface area (Å²) < 4.78 is 5.09. The number of nitrogens with one attached hydrogen (secondary N) is 2. The number of ether oxygens (including phenoxy) is 1.